The summed E-state index contributed by atoms with van der Waals surface area (Å²) >= 11 is 11.5. The van der Waals surface area contributed by atoms with Crippen molar-refractivity contribution in [2.45, 2.75) is 13.5 Å². The van der Waals surface area contributed by atoms with E-state index in [0.29, 0.717) is 0 Å². The van der Waals surface area contributed by atoms with Crippen LogP contribution in [-0.2, 0) is 6.54 Å². The van der Waals surface area contributed by atoms with Crippen LogP contribution in [0.15, 0.2) is 46.3 Å². The molecule has 102 valence electrons. The fourth-order valence-corrected chi connectivity index (χ4v) is 3.87. The van der Waals surface area contributed by atoms with E-state index >= 15 is 0 Å². The Bertz CT molecular complexity index is 766. The Balaban J connectivity index is 1.85. The second-order valence-corrected chi connectivity index (χ2v) is 6.86. The highest BCUT2D eigenvalue weighted by atomic mass is 79.9. The molecule has 0 saturated heterocycles. The van der Waals surface area contributed by atoms with Gasteiger partial charge in [-0.3, -0.25) is 0 Å². The van der Waals surface area contributed by atoms with Crippen molar-refractivity contribution >= 4 is 54.6 Å². The lowest BCUT2D eigenvalue weighted by molar-refractivity contribution is 1.17. The smallest absolute Gasteiger partial charge is 0.0502 e. The first-order chi connectivity index (χ1) is 9.65. The van der Waals surface area contributed by atoms with Crippen LogP contribution in [-0.4, -0.2) is 0 Å². The third kappa shape index (κ3) is 2.71. The molecule has 0 unspecified atom stereocenters. The van der Waals surface area contributed by atoms with Crippen molar-refractivity contribution in [3.63, 3.8) is 0 Å². The van der Waals surface area contributed by atoms with Gasteiger partial charge in [0.2, 0.25) is 0 Å². The standard InChI is InChI=1S/C16H13BrClNS/c1-10-6-13(17)15(7-14(10)18)19-8-11-9-20-16-5-3-2-4-12(11)16/h2-7,9,19H,8H2,1H3. The molecule has 0 bridgehead atoms. The number of hydrogen-bond donors (Lipinski definition) is 1. The van der Waals surface area contributed by atoms with Crippen LogP contribution in [0.3, 0.4) is 0 Å². The Labute approximate surface area is 135 Å². The number of fused-ring (bicyclic) bond motifs is 1. The highest BCUT2D eigenvalue weighted by Crippen LogP contribution is 2.31. The number of nitrogens with one attached hydrogen (secondary N) is 1. The zero-order chi connectivity index (χ0) is 14.1. The number of halogens is 2. The third-order valence-corrected chi connectivity index (χ3v) is 5.35. The van der Waals surface area contributed by atoms with Gasteiger partial charge < -0.3 is 5.32 Å². The summed E-state index contributed by atoms with van der Waals surface area (Å²) in [5.74, 6) is 0. The maximum atomic E-state index is 6.18. The molecule has 2 aromatic carbocycles. The number of aryl methyl sites for hydroxylation is 1. The molecule has 1 heterocycles. The van der Waals surface area contributed by atoms with Crippen molar-refractivity contribution in [1.29, 1.82) is 0 Å². The van der Waals surface area contributed by atoms with Crippen molar-refractivity contribution < 1.29 is 0 Å². The van der Waals surface area contributed by atoms with Crippen LogP contribution in [0.1, 0.15) is 11.1 Å². The molecular weight excluding hydrogens is 354 g/mol. The van der Waals surface area contributed by atoms with E-state index < -0.39 is 0 Å². The van der Waals surface area contributed by atoms with Crippen LogP contribution in [0.25, 0.3) is 10.1 Å². The van der Waals surface area contributed by atoms with Gasteiger partial charge in [0, 0.05) is 20.7 Å². The fraction of sp³-hybridized carbons (Fsp3) is 0.125. The van der Waals surface area contributed by atoms with E-state index in [-0.39, 0.29) is 0 Å². The molecule has 3 aromatic rings. The summed E-state index contributed by atoms with van der Waals surface area (Å²) in [6, 6.07) is 12.5. The number of hydrogen-bond acceptors (Lipinski definition) is 2. The molecule has 0 aliphatic rings. The largest absolute Gasteiger partial charge is 0.380 e. The summed E-state index contributed by atoms with van der Waals surface area (Å²) in [5.41, 5.74) is 3.41. The van der Waals surface area contributed by atoms with Gasteiger partial charge in [0.25, 0.3) is 0 Å². The maximum absolute atomic E-state index is 6.18. The Morgan fingerprint density at radius 2 is 2.05 bits per heavy atom. The zero-order valence-corrected chi connectivity index (χ0v) is 14.1. The lowest BCUT2D eigenvalue weighted by atomic mass is 10.1. The molecular formula is C16H13BrClNS. The van der Waals surface area contributed by atoms with Crippen LogP contribution in [0, 0.1) is 6.92 Å². The van der Waals surface area contributed by atoms with Crippen molar-refractivity contribution in [2.75, 3.05) is 5.32 Å². The van der Waals surface area contributed by atoms with E-state index in [2.05, 4.69) is 50.9 Å². The van der Waals surface area contributed by atoms with Crippen LogP contribution < -0.4 is 5.32 Å². The van der Waals surface area contributed by atoms with Gasteiger partial charge in [-0.05, 0) is 62.9 Å². The van der Waals surface area contributed by atoms with Crippen LogP contribution in [0.2, 0.25) is 5.02 Å². The molecule has 0 amide bonds. The minimum Gasteiger partial charge on any atom is -0.380 e. The molecule has 20 heavy (non-hydrogen) atoms. The second kappa shape index (κ2) is 5.76. The first-order valence-electron chi connectivity index (χ1n) is 6.30. The normalized spacial score (nSPS) is 10.9. The van der Waals surface area contributed by atoms with Crippen LogP contribution in [0.5, 0.6) is 0 Å². The minimum atomic E-state index is 0.783. The van der Waals surface area contributed by atoms with Gasteiger partial charge in [-0.1, -0.05) is 29.8 Å². The summed E-state index contributed by atoms with van der Waals surface area (Å²) in [6.45, 7) is 2.80. The van der Waals surface area contributed by atoms with Gasteiger partial charge in [0.1, 0.15) is 0 Å². The zero-order valence-electron chi connectivity index (χ0n) is 10.9. The highest BCUT2D eigenvalue weighted by Gasteiger charge is 2.06. The number of thiophene rings is 1. The second-order valence-electron chi connectivity index (χ2n) is 4.69. The molecule has 0 aliphatic carbocycles. The Morgan fingerprint density at radius 3 is 2.90 bits per heavy atom. The van der Waals surface area contributed by atoms with Gasteiger partial charge in [-0.25, -0.2) is 0 Å². The summed E-state index contributed by atoms with van der Waals surface area (Å²) < 4.78 is 2.37. The summed E-state index contributed by atoms with van der Waals surface area (Å²) in [5, 5.41) is 7.76. The van der Waals surface area contributed by atoms with Crippen LogP contribution in [0.4, 0.5) is 5.69 Å². The van der Waals surface area contributed by atoms with E-state index in [1.165, 1.54) is 15.6 Å². The Hall–Kier alpha value is -1.03. The summed E-state index contributed by atoms with van der Waals surface area (Å²) in [4.78, 5) is 0. The van der Waals surface area contributed by atoms with Crippen molar-refractivity contribution in [3.05, 3.63) is 62.4 Å². The average molecular weight is 367 g/mol. The molecule has 1 aromatic heterocycles. The fourth-order valence-electron chi connectivity index (χ4n) is 2.14. The van der Waals surface area contributed by atoms with E-state index in [0.717, 1.165) is 27.3 Å². The monoisotopic (exact) mass is 365 g/mol. The van der Waals surface area contributed by atoms with Gasteiger partial charge >= 0.3 is 0 Å². The SMILES string of the molecule is Cc1cc(Br)c(NCc2csc3ccccc23)cc1Cl. The average Bonchev–Trinajstić information content (AvgIpc) is 2.85. The molecule has 0 saturated carbocycles. The lowest BCUT2D eigenvalue weighted by Crippen LogP contribution is -1.99. The number of rotatable bonds is 3. The van der Waals surface area contributed by atoms with Gasteiger partial charge in [-0.2, -0.15) is 0 Å². The molecule has 0 atom stereocenters. The highest BCUT2D eigenvalue weighted by molar-refractivity contribution is 9.10. The molecule has 0 fully saturated rings. The van der Waals surface area contributed by atoms with E-state index in [1.807, 2.05) is 19.1 Å². The first-order valence-corrected chi connectivity index (χ1v) is 8.35. The summed E-state index contributed by atoms with van der Waals surface area (Å²) in [7, 11) is 0. The van der Waals surface area contributed by atoms with Gasteiger partial charge in [0.15, 0.2) is 0 Å². The van der Waals surface area contributed by atoms with Crippen LogP contribution >= 0.6 is 38.9 Å². The number of anilines is 1. The molecule has 4 heteroatoms. The minimum absolute atomic E-state index is 0.783. The maximum Gasteiger partial charge on any atom is 0.0502 e. The van der Waals surface area contributed by atoms with Crippen molar-refractivity contribution in [1.82, 2.24) is 0 Å². The molecule has 3 rings (SSSR count). The third-order valence-electron chi connectivity index (χ3n) is 3.28. The topological polar surface area (TPSA) is 12.0 Å². The predicted octanol–water partition coefficient (Wildman–Crippen LogP) is 6.24. The predicted molar refractivity (Wildman–Crippen MR) is 93.0 cm³/mol. The molecule has 1 N–H and O–H groups in total. The Kier molecular flexibility index (Phi) is 4.01. The lowest BCUT2D eigenvalue weighted by Gasteiger charge is -2.10. The molecule has 0 aliphatic heterocycles. The Morgan fingerprint density at radius 1 is 1.25 bits per heavy atom. The quantitative estimate of drug-likeness (QED) is 0.578. The van der Waals surface area contributed by atoms with Crippen molar-refractivity contribution in [2.24, 2.45) is 0 Å². The summed E-state index contributed by atoms with van der Waals surface area (Å²) in [6.07, 6.45) is 0. The van der Waals surface area contributed by atoms with Gasteiger partial charge in [0.05, 0.1) is 5.69 Å². The number of benzene rings is 2. The van der Waals surface area contributed by atoms with E-state index in [1.54, 1.807) is 11.3 Å². The van der Waals surface area contributed by atoms with E-state index in [4.69, 9.17) is 11.6 Å². The molecule has 0 radical (unpaired) electrons. The van der Waals surface area contributed by atoms with Gasteiger partial charge in [-0.15, -0.1) is 11.3 Å². The van der Waals surface area contributed by atoms with E-state index in [9.17, 15) is 0 Å². The molecule has 0 spiro atoms. The van der Waals surface area contributed by atoms with Crippen molar-refractivity contribution in [3.8, 4) is 0 Å². The molecule has 1 nitrogen and oxygen atoms in total. The first kappa shape index (κ1) is 13.9.